The van der Waals surface area contributed by atoms with Gasteiger partial charge >= 0.3 is 0 Å². The number of rotatable bonds is 7. The molecule has 0 radical (unpaired) electrons. The fourth-order valence-corrected chi connectivity index (χ4v) is 2.25. The Balaban J connectivity index is 2.49. The highest BCUT2D eigenvalue weighted by atomic mass is 32.2. The first-order chi connectivity index (χ1) is 8.79. The molecule has 0 saturated carbocycles. The predicted molar refractivity (Wildman–Crippen MR) is 77.3 cm³/mol. The molecule has 1 aromatic carbocycles. The maximum absolute atomic E-state index is 11.3. The van der Waals surface area contributed by atoms with E-state index in [2.05, 4.69) is 19.2 Å². The Labute approximate surface area is 116 Å². The van der Waals surface area contributed by atoms with E-state index in [-0.39, 0.29) is 6.10 Å². The molecule has 0 aromatic heterocycles. The standard InChI is InChI=1S/C14H23NO3S/c1-11(2)9-15-10-12(3)18-13-5-7-14(8-6-13)19(4,16)17/h5-8,11-12,15H,9-10H2,1-4H3. The summed E-state index contributed by atoms with van der Waals surface area (Å²) in [5.41, 5.74) is 0. The summed E-state index contributed by atoms with van der Waals surface area (Å²) in [4.78, 5) is 0.311. The van der Waals surface area contributed by atoms with E-state index in [1.807, 2.05) is 6.92 Å². The second kappa shape index (κ2) is 6.91. The molecular weight excluding hydrogens is 262 g/mol. The first-order valence-corrected chi connectivity index (χ1v) is 8.35. The number of nitrogens with one attached hydrogen (secondary N) is 1. The van der Waals surface area contributed by atoms with Crippen molar-refractivity contribution < 1.29 is 13.2 Å². The van der Waals surface area contributed by atoms with E-state index >= 15 is 0 Å². The molecular formula is C14H23NO3S. The van der Waals surface area contributed by atoms with Crippen molar-refractivity contribution in [2.75, 3.05) is 19.3 Å². The Morgan fingerprint density at radius 2 is 1.68 bits per heavy atom. The normalized spacial score (nSPS) is 13.5. The van der Waals surface area contributed by atoms with E-state index in [1.54, 1.807) is 24.3 Å². The molecule has 0 saturated heterocycles. The minimum atomic E-state index is -3.14. The van der Waals surface area contributed by atoms with Crippen molar-refractivity contribution in [3.8, 4) is 5.75 Å². The van der Waals surface area contributed by atoms with Crippen LogP contribution in [-0.4, -0.2) is 33.9 Å². The van der Waals surface area contributed by atoms with Crippen molar-refractivity contribution in [2.45, 2.75) is 31.8 Å². The molecule has 0 aliphatic rings. The summed E-state index contributed by atoms with van der Waals surface area (Å²) >= 11 is 0. The van der Waals surface area contributed by atoms with Gasteiger partial charge in [-0.2, -0.15) is 0 Å². The lowest BCUT2D eigenvalue weighted by atomic mass is 10.2. The van der Waals surface area contributed by atoms with Gasteiger partial charge in [0.05, 0.1) is 4.90 Å². The highest BCUT2D eigenvalue weighted by molar-refractivity contribution is 7.90. The largest absolute Gasteiger partial charge is 0.489 e. The van der Waals surface area contributed by atoms with Gasteiger partial charge in [-0.05, 0) is 43.7 Å². The van der Waals surface area contributed by atoms with Crippen LogP contribution in [0.3, 0.4) is 0 Å². The van der Waals surface area contributed by atoms with Gasteiger partial charge in [0.1, 0.15) is 11.9 Å². The van der Waals surface area contributed by atoms with Gasteiger partial charge in [-0.15, -0.1) is 0 Å². The molecule has 108 valence electrons. The molecule has 0 amide bonds. The van der Waals surface area contributed by atoms with Gasteiger partial charge in [0, 0.05) is 12.8 Å². The lowest BCUT2D eigenvalue weighted by Gasteiger charge is -2.16. The fraction of sp³-hybridized carbons (Fsp3) is 0.571. The van der Waals surface area contributed by atoms with E-state index < -0.39 is 9.84 Å². The maximum Gasteiger partial charge on any atom is 0.175 e. The highest BCUT2D eigenvalue weighted by Crippen LogP contribution is 2.16. The molecule has 0 spiro atoms. The van der Waals surface area contributed by atoms with Crippen LogP contribution in [0.1, 0.15) is 20.8 Å². The summed E-state index contributed by atoms with van der Waals surface area (Å²) in [5.74, 6) is 1.30. The molecule has 0 heterocycles. The molecule has 0 aliphatic carbocycles. The third kappa shape index (κ3) is 6.07. The van der Waals surface area contributed by atoms with E-state index in [1.165, 1.54) is 6.26 Å². The summed E-state index contributed by atoms with van der Waals surface area (Å²) in [6, 6.07) is 6.52. The minimum absolute atomic E-state index is 0.0443. The van der Waals surface area contributed by atoms with Gasteiger partial charge in [0.25, 0.3) is 0 Å². The average Bonchev–Trinajstić information content (AvgIpc) is 2.27. The lowest BCUT2D eigenvalue weighted by molar-refractivity contribution is 0.215. The summed E-state index contributed by atoms with van der Waals surface area (Å²) in [5, 5.41) is 3.32. The molecule has 0 fully saturated rings. The first-order valence-electron chi connectivity index (χ1n) is 6.46. The molecule has 0 bridgehead atoms. The topological polar surface area (TPSA) is 55.4 Å². The Morgan fingerprint density at radius 3 is 2.16 bits per heavy atom. The van der Waals surface area contributed by atoms with Crippen LogP contribution in [0.5, 0.6) is 5.75 Å². The van der Waals surface area contributed by atoms with Crippen molar-refractivity contribution in [1.29, 1.82) is 0 Å². The van der Waals surface area contributed by atoms with Gasteiger partial charge in [-0.25, -0.2) is 8.42 Å². The Kier molecular flexibility index (Phi) is 5.82. The van der Waals surface area contributed by atoms with Crippen LogP contribution in [0.15, 0.2) is 29.2 Å². The molecule has 19 heavy (non-hydrogen) atoms. The molecule has 1 unspecified atom stereocenters. The van der Waals surface area contributed by atoms with Crippen LogP contribution in [0.25, 0.3) is 0 Å². The second-order valence-corrected chi connectivity index (χ2v) is 7.24. The number of benzene rings is 1. The zero-order valence-corrected chi connectivity index (χ0v) is 12.8. The number of hydrogen-bond donors (Lipinski definition) is 1. The summed E-state index contributed by atoms with van der Waals surface area (Å²) in [7, 11) is -3.14. The second-order valence-electron chi connectivity index (χ2n) is 5.22. The zero-order valence-electron chi connectivity index (χ0n) is 12.0. The maximum atomic E-state index is 11.3. The fourth-order valence-electron chi connectivity index (χ4n) is 1.61. The van der Waals surface area contributed by atoms with E-state index in [0.29, 0.717) is 16.6 Å². The van der Waals surface area contributed by atoms with Crippen molar-refractivity contribution >= 4 is 9.84 Å². The third-order valence-electron chi connectivity index (χ3n) is 2.57. The van der Waals surface area contributed by atoms with Crippen LogP contribution in [0.2, 0.25) is 0 Å². The molecule has 0 aliphatic heterocycles. The third-order valence-corrected chi connectivity index (χ3v) is 3.70. The summed E-state index contributed by atoms with van der Waals surface area (Å²) in [6.07, 6.45) is 1.24. The van der Waals surface area contributed by atoms with Crippen molar-refractivity contribution in [3.05, 3.63) is 24.3 Å². The van der Waals surface area contributed by atoms with Crippen LogP contribution >= 0.6 is 0 Å². The van der Waals surface area contributed by atoms with Gasteiger partial charge < -0.3 is 10.1 Å². The van der Waals surface area contributed by atoms with Crippen LogP contribution in [0.4, 0.5) is 0 Å². The SMILES string of the molecule is CC(C)CNCC(C)Oc1ccc(S(C)(=O)=O)cc1. The molecule has 1 atom stereocenters. The molecule has 4 nitrogen and oxygen atoms in total. The van der Waals surface area contributed by atoms with Gasteiger partial charge in [0.2, 0.25) is 0 Å². The quantitative estimate of drug-likeness (QED) is 0.833. The molecule has 5 heteroatoms. The molecule has 1 aromatic rings. The lowest BCUT2D eigenvalue weighted by Crippen LogP contribution is -2.31. The minimum Gasteiger partial charge on any atom is -0.489 e. The number of ether oxygens (including phenoxy) is 1. The number of hydrogen-bond acceptors (Lipinski definition) is 4. The van der Waals surface area contributed by atoms with Crippen LogP contribution in [0, 0.1) is 5.92 Å². The Bertz CT molecular complexity index is 480. The van der Waals surface area contributed by atoms with Crippen molar-refractivity contribution in [2.24, 2.45) is 5.92 Å². The van der Waals surface area contributed by atoms with Crippen LogP contribution in [-0.2, 0) is 9.84 Å². The van der Waals surface area contributed by atoms with E-state index in [0.717, 1.165) is 13.1 Å². The number of sulfone groups is 1. The predicted octanol–water partition coefficient (Wildman–Crippen LogP) is 2.10. The summed E-state index contributed by atoms with van der Waals surface area (Å²) in [6.45, 7) is 8.02. The van der Waals surface area contributed by atoms with Crippen LogP contribution < -0.4 is 10.1 Å². The summed E-state index contributed by atoms with van der Waals surface area (Å²) < 4.78 is 28.3. The zero-order chi connectivity index (χ0) is 14.5. The average molecular weight is 285 g/mol. The van der Waals surface area contributed by atoms with Crippen molar-refractivity contribution in [3.63, 3.8) is 0 Å². The van der Waals surface area contributed by atoms with E-state index in [4.69, 9.17) is 4.74 Å². The van der Waals surface area contributed by atoms with Gasteiger partial charge in [0.15, 0.2) is 9.84 Å². The van der Waals surface area contributed by atoms with Gasteiger partial charge in [-0.1, -0.05) is 13.8 Å². The first kappa shape index (κ1) is 16.0. The van der Waals surface area contributed by atoms with Gasteiger partial charge in [-0.3, -0.25) is 0 Å². The monoisotopic (exact) mass is 285 g/mol. The van der Waals surface area contributed by atoms with E-state index in [9.17, 15) is 8.42 Å². The highest BCUT2D eigenvalue weighted by Gasteiger charge is 2.08. The smallest absolute Gasteiger partial charge is 0.175 e. The molecule has 1 rings (SSSR count). The molecule has 1 N–H and O–H groups in total. The Hall–Kier alpha value is -1.07. The Morgan fingerprint density at radius 1 is 1.11 bits per heavy atom. The van der Waals surface area contributed by atoms with Crippen molar-refractivity contribution in [1.82, 2.24) is 5.32 Å².